The van der Waals surface area contributed by atoms with Gasteiger partial charge in [0.25, 0.3) is 0 Å². The molecule has 9 nitrogen and oxygen atoms in total. The molecule has 0 aromatic heterocycles. The Hall–Kier alpha value is -3.62. The second-order valence-corrected chi connectivity index (χ2v) is 8.91. The van der Waals surface area contributed by atoms with E-state index in [9.17, 15) is 24.3 Å². The fourth-order valence-corrected chi connectivity index (χ4v) is 5.89. The molecule has 2 heterocycles. The maximum Gasteiger partial charge on any atom is 0.231 e. The fourth-order valence-electron chi connectivity index (χ4n) is 5.89. The summed E-state index contributed by atoms with van der Waals surface area (Å²) in [6.07, 6.45) is 6.39. The van der Waals surface area contributed by atoms with Crippen LogP contribution in [0, 0.1) is 35.5 Å². The van der Waals surface area contributed by atoms with Gasteiger partial charge in [0.15, 0.2) is 11.5 Å². The molecule has 2 saturated heterocycles. The van der Waals surface area contributed by atoms with Gasteiger partial charge in [0.2, 0.25) is 29.4 Å². The first-order valence-corrected chi connectivity index (χ1v) is 10.9. The van der Waals surface area contributed by atoms with Crippen LogP contribution in [0.1, 0.15) is 18.4 Å². The number of allylic oxidation sites excluding steroid dienone is 3. The van der Waals surface area contributed by atoms with Crippen LogP contribution in [-0.4, -0.2) is 43.0 Å². The highest BCUT2D eigenvalue weighted by Crippen LogP contribution is 2.53. The van der Waals surface area contributed by atoms with E-state index in [1.54, 1.807) is 18.2 Å². The number of carbonyl (C=O) groups excluding carboxylic acids is 4. The minimum absolute atomic E-state index is 0.117. The number of ether oxygens (including phenoxy) is 2. The molecule has 6 unspecified atom stereocenters. The molecule has 0 spiro atoms. The Morgan fingerprint density at radius 2 is 1.48 bits per heavy atom. The van der Waals surface area contributed by atoms with E-state index in [1.165, 1.54) is 14.2 Å². The quantitative estimate of drug-likeness (QED) is 0.462. The lowest BCUT2D eigenvalue weighted by Crippen LogP contribution is -2.43. The van der Waals surface area contributed by atoms with Crippen LogP contribution in [-0.2, 0) is 19.2 Å². The number of amides is 4. The van der Waals surface area contributed by atoms with E-state index in [0.29, 0.717) is 18.4 Å². The molecule has 6 atom stereocenters. The predicted octanol–water partition coefficient (Wildman–Crippen LogP) is 1.17. The molecule has 0 bridgehead atoms. The lowest BCUT2D eigenvalue weighted by atomic mass is 9.58. The molecule has 4 amide bonds. The zero-order valence-electron chi connectivity index (χ0n) is 18.2. The van der Waals surface area contributed by atoms with E-state index in [0.717, 1.165) is 5.57 Å². The minimum atomic E-state index is -0.575. The fraction of sp³-hybridized carbons (Fsp3) is 0.417. The van der Waals surface area contributed by atoms with Crippen molar-refractivity contribution in [3.8, 4) is 17.2 Å². The summed E-state index contributed by atoms with van der Waals surface area (Å²) in [7, 11) is 2.87. The van der Waals surface area contributed by atoms with Crippen LogP contribution in [0.3, 0.4) is 0 Å². The molecule has 2 aliphatic carbocycles. The Kier molecular flexibility index (Phi) is 4.99. The van der Waals surface area contributed by atoms with Gasteiger partial charge in [0.05, 0.1) is 37.9 Å². The van der Waals surface area contributed by atoms with Crippen LogP contribution >= 0.6 is 0 Å². The van der Waals surface area contributed by atoms with E-state index >= 15 is 0 Å². The van der Waals surface area contributed by atoms with Gasteiger partial charge in [-0.2, -0.15) is 0 Å². The van der Waals surface area contributed by atoms with Crippen molar-refractivity contribution in [2.45, 2.75) is 12.8 Å². The van der Waals surface area contributed by atoms with E-state index in [-0.39, 0.29) is 46.8 Å². The first kappa shape index (κ1) is 21.2. The highest BCUT2D eigenvalue weighted by Gasteiger charge is 2.57. The summed E-state index contributed by atoms with van der Waals surface area (Å²) in [6, 6.07) is 3.28. The largest absolute Gasteiger partial charge is 0.502 e. The average molecular weight is 452 g/mol. The van der Waals surface area contributed by atoms with Gasteiger partial charge in [-0.05, 0) is 36.5 Å². The zero-order valence-corrected chi connectivity index (χ0v) is 18.2. The van der Waals surface area contributed by atoms with Crippen molar-refractivity contribution in [1.82, 2.24) is 10.6 Å². The molecule has 9 heteroatoms. The number of aromatic hydroxyl groups is 1. The summed E-state index contributed by atoms with van der Waals surface area (Å²) >= 11 is 0. The maximum absolute atomic E-state index is 12.7. The monoisotopic (exact) mass is 452 g/mol. The standard InChI is InChI=1S/C24H24N2O7/c1-32-16-7-10(8-17(33-2)20(16)27)3-4-12-11-5-6-13-19(24(31)25-21(13)28)14(11)9-15-18(12)23(30)26-22(15)29/h3-5,7-8,12-15,18-19,27H,6,9H2,1-2H3,(H,25,28,31)(H,26,29,30). The highest BCUT2D eigenvalue weighted by molar-refractivity contribution is 6.07. The second kappa shape index (κ2) is 7.75. The van der Waals surface area contributed by atoms with Crippen molar-refractivity contribution in [3.05, 3.63) is 35.4 Å². The van der Waals surface area contributed by atoms with Gasteiger partial charge in [-0.1, -0.05) is 23.8 Å². The lowest BCUT2D eigenvalue weighted by molar-refractivity contribution is -0.128. The van der Waals surface area contributed by atoms with Crippen molar-refractivity contribution in [2.24, 2.45) is 35.5 Å². The summed E-state index contributed by atoms with van der Waals surface area (Å²) in [6.45, 7) is 0. The number of methoxy groups -OCH3 is 2. The summed E-state index contributed by atoms with van der Waals surface area (Å²) in [5.74, 6) is -3.65. The van der Waals surface area contributed by atoms with Gasteiger partial charge in [-0.25, -0.2) is 0 Å². The summed E-state index contributed by atoms with van der Waals surface area (Å²) in [5.41, 5.74) is 1.59. The summed E-state index contributed by atoms with van der Waals surface area (Å²) in [4.78, 5) is 50.1. The molecule has 33 heavy (non-hydrogen) atoms. The molecule has 1 aromatic carbocycles. The van der Waals surface area contributed by atoms with Gasteiger partial charge in [0.1, 0.15) is 0 Å². The number of fused-ring (bicyclic) bond motifs is 4. The van der Waals surface area contributed by atoms with Gasteiger partial charge in [-0.15, -0.1) is 0 Å². The van der Waals surface area contributed by atoms with E-state index in [1.807, 2.05) is 12.2 Å². The second-order valence-electron chi connectivity index (χ2n) is 8.91. The van der Waals surface area contributed by atoms with Crippen LogP contribution in [0.15, 0.2) is 29.9 Å². The van der Waals surface area contributed by atoms with Crippen LogP contribution in [0.25, 0.3) is 6.08 Å². The molecule has 172 valence electrons. The van der Waals surface area contributed by atoms with E-state index in [4.69, 9.17) is 9.47 Å². The number of benzene rings is 1. The molecular weight excluding hydrogens is 428 g/mol. The number of hydrogen-bond acceptors (Lipinski definition) is 7. The molecule has 3 N–H and O–H groups in total. The Balaban J connectivity index is 1.55. The molecule has 1 aromatic rings. The van der Waals surface area contributed by atoms with Crippen molar-refractivity contribution < 1.29 is 33.8 Å². The average Bonchev–Trinajstić information content (AvgIpc) is 3.26. The van der Waals surface area contributed by atoms with E-state index < -0.39 is 29.6 Å². The van der Waals surface area contributed by atoms with Crippen LogP contribution < -0.4 is 20.1 Å². The van der Waals surface area contributed by atoms with Crippen LogP contribution in [0.2, 0.25) is 0 Å². The molecule has 4 aliphatic rings. The molecule has 5 rings (SSSR count). The summed E-state index contributed by atoms with van der Waals surface area (Å²) < 4.78 is 10.4. The molecule has 2 aliphatic heterocycles. The number of nitrogens with one attached hydrogen (secondary N) is 2. The molecule has 1 saturated carbocycles. The zero-order chi connectivity index (χ0) is 23.4. The third kappa shape index (κ3) is 3.21. The van der Waals surface area contributed by atoms with Crippen molar-refractivity contribution in [1.29, 1.82) is 0 Å². The Labute approximate surface area is 189 Å². The minimum Gasteiger partial charge on any atom is -0.502 e. The predicted molar refractivity (Wildman–Crippen MR) is 115 cm³/mol. The van der Waals surface area contributed by atoms with Gasteiger partial charge in [-0.3, -0.25) is 29.8 Å². The van der Waals surface area contributed by atoms with Crippen LogP contribution in [0.4, 0.5) is 0 Å². The number of phenolic OH excluding ortho intramolecular Hbond substituents is 1. The van der Waals surface area contributed by atoms with Crippen LogP contribution in [0.5, 0.6) is 17.2 Å². The molecule has 0 radical (unpaired) electrons. The number of phenols is 1. The van der Waals surface area contributed by atoms with E-state index in [2.05, 4.69) is 10.6 Å². The first-order chi connectivity index (χ1) is 15.8. The third-order valence-electron chi connectivity index (χ3n) is 7.39. The number of carbonyl (C=O) groups is 4. The lowest BCUT2D eigenvalue weighted by Gasteiger charge is -2.42. The van der Waals surface area contributed by atoms with Gasteiger partial charge >= 0.3 is 0 Å². The molecule has 3 fully saturated rings. The van der Waals surface area contributed by atoms with Crippen molar-refractivity contribution in [3.63, 3.8) is 0 Å². The Bertz CT molecular complexity index is 1110. The SMILES string of the molecule is COc1cc(C=CC2C3=CCC4C(=O)NC(=O)C4C3CC3C(=O)NC(=O)C23)cc(OC)c1O. The topological polar surface area (TPSA) is 131 Å². The van der Waals surface area contributed by atoms with Crippen molar-refractivity contribution >= 4 is 29.7 Å². The Morgan fingerprint density at radius 1 is 0.879 bits per heavy atom. The maximum atomic E-state index is 12.7. The summed E-state index contributed by atoms with van der Waals surface area (Å²) in [5, 5.41) is 15.0. The highest BCUT2D eigenvalue weighted by atomic mass is 16.5. The first-order valence-electron chi connectivity index (χ1n) is 10.9. The third-order valence-corrected chi connectivity index (χ3v) is 7.39. The molecular formula is C24H24N2O7. The smallest absolute Gasteiger partial charge is 0.231 e. The number of hydrogen-bond donors (Lipinski definition) is 3. The Morgan fingerprint density at radius 3 is 2.12 bits per heavy atom. The number of rotatable bonds is 4. The van der Waals surface area contributed by atoms with Gasteiger partial charge in [0, 0.05) is 5.92 Å². The number of imide groups is 2. The normalized spacial score (nSPS) is 32.6. The van der Waals surface area contributed by atoms with Crippen molar-refractivity contribution in [2.75, 3.05) is 14.2 Å². The van der Waals surface area contributed by atoms with Gasteiger partial charge < -0.3 is 14.6 Å².